The molecule has 0 radical (unpaired) electrons. The highest BCUT2D eigenvalue weighted by atomic mass is 16.5. The fraction of sp³-hybridized carbons (Fsp3) is 0.286. The SMILES string of the molecule is COC(=O)Cc1cn(CCC#N)c2ccccc12. The van der Waals surface area contributed by atoms with Gasteiger partial charge in [0.15, 0.2) is 0 Å². The molecule has 4 nitrogen and oxygen atoms in total. The number of hydrogen-bond acceptors (Lipinski definition) is 3. The topological polar surface area (TPSA) is 55.0 Å². The minimum Gasteiger partial charge on any atom is -0.469 e. The lowest BCUT2D eigenvalue weighted by Crippen LogP contribution is -2.04. The van der Waals surface area contributed by atoms with Gasteiger partial charge in [0.05, 0.1) is 26.0 Å². The third-order valence-corrected chi connectivity index (χ3v) is 2.90. The summed E-state index contributed by atoms with van der Waals surface area (Å²) in [5.41, 5.74) is 1.99. The number of nitriles is 1. The Morgan fingerprint density at radius 2 is 2.22 bits per heavy atom. The minimum absolute atomic E-state index is 0.252. The molecule has 0 amide bonds. The molecule has 0 aliphatic rings. The van der Waals surface area contributed by atoms with Crippen molar-refractivity contribution in [2.24, 2.45) is 0 Å². The molecular formula is C14H14N2O2. The molecule has 0 aliphatic carbocycles. The maximum atomic E-state index is 11.4. The lowest BCUT2D eigenvalue weighted by molar-refractivity contribution is -0.139. The van der Waals surface area contributed by atoms with Crippen LogP contribution in [0.5, 0.6) is 0 Å². The molecule has 1 heterocycles. The maximum Gasteiger partial charge on any atom is 0.310 e. The summed E-state index contributed by atoms with van der Waals surface area (Å²) in [6.45, 7) is 0.637. The maximum absolute atomic E-state index is 11.4. The van der Waals surface area contributed by atoms with E-state index in [0.717, 1.165) is 16.5 Å². The fourth-order valence-electron chi connectivity index (χ4n) is 2.05. The fourth-order valence-corrected chi connectivity index (χ4v) is 2.05. The second kappa shape index (κ2) is 5.37. The van der Waals surface area contributed by atoms with Crippen LogP contribution in [-0.4, -0.2) is 17.6 Å². The number of aromatic nitrogens is 1. The van der Waals surface area contributed by atoms with Crippen LogP contribution in [0.1, 0.15) is 12.0 Å². The standard InChI is InChI=1S/C14H14N2O2/c1-18-14(17)9-11-10-16(8-4-7-15)13-6-3-2-5-12(11)13/h2-3,5-6,10H,4,8-9H2,1H3. The Hall–Kier alpha value is -2.28. The van der Waals surface area contributed by atoms with Crippen molar-refractivity contribution in [3.05, 3.63) is 36.0 Å². The zero-order valence-corrected chi connectivity index (χ0v) is 10.2. The van der Waals surface area contributed by atoms with Crippen LogP contribution in [0.15, 0.2) is 30.5 Å². The number of methoxy groups -OCH3 is 1. The number of para-hydroxylation sites is 1. The molecule has 0 saturated heterocycles. The summed E-state index contributed by atoms with van der Waals surface area (Å²) in [7, 11) is 1.39. The first kappa shape index (κ1) is 12.2. The smallest absolute Gasteiger partial charge is 0.310 e. The van der Waals surface area contributed by atoms with Crippen molar-refractivity contribution < 1.29 is 9.53 Å². The van der Waals surface area contributed by atoms with Crippen molar-refractivity contribution in [3.63, 3.8) is 0 Å². The molecule has 0 N–H and O–H groups in total. The van der Waals surface area contributed by atoms with Gasteiger partial charge in [-0.05, 0) is 11.6 Å². The Kier molecular flexibility index (Phi) is 3.63. The lowest BCUT2D eigenvalue weighted by Gasteiger charge is -2.00. The van der Waals surface area contributed by atoms with E-state index in [2.05, 4.69) is 6.07 Å². The van der Waals surface area contributed by atoms with Crippen LogP contribution >= 0.6 is 0 Å². The molecule has 92 valence electrons. The summed E-state index contributed by atoms with van der Waals surface area (Å²) in [4.78, 5) is 11.4. The van der Waals surface area contributed by atoms with Gasteiger partial charge in [-0.3, -0.25) is 4.79 Å². The van der Waals surface area contributed by atoms with Gasteiger partial charge in [0.1, 0.15) is 0 Å². The third-order valence-electron chi connectivity index (χ3n) is 2.90. The highest BCUT2D eigenvalue weighted by molar-refractivity contribution is 5.87. The lowest BCUT2D eigenvalue weighted by atomic mass is 10.1. The van der Waals surface area contributed by atoms with Crippen molar-refractivity contribution >= 4 is 16.9 Å². The Bertz CT molecular complexity index is 608. The van der Waals surface area contributed by atoms with Gasteiger partial charge in [0, 0.05) is 23.6 Å². The van der Waals surface area contributed by atoms with E-state index in [1.807, 2.05) is 35.0 Å². The van der Waals surface area contributed by atoms with Crippen molar-refractivity contribution in [1.82, 2.24) is 4.57 Å². The van der Waals surface area contributed by atoms with Crippen LogP contribution < -0.4 is 0 Å². The number of rotatable bonds is 4. The highest BCUT2D eigenvalue weighted by Gasteiger charge is 2.11. The van der Waals surface area contributed by atoms with Gasteiger partial charge in [-0.25, -0.2) is 0 Å². The average Bonchev–Trinajstić information content (AvgIpc) is 2.75. The van der Waals surface area contributed by atoms with Crippen LogP contribution in [0.25, 0.3) is 10.9 Å². The number of carbonyl (C=O) groups is 1. The molecule has 1 aromatic carbocycles. The van der Waals surface area contributed by atoms with E-state index in [1.165, 1.54) is 7.11 Å². The van der Waals surface area contributed by atoms with E-state index in [9.17, 15) is 4.79 Å². The van der Waals surface area contributed by atoms with Crippen LogP contribution in [0, 0.1) is 11.3 Å². The van der Waals surface area contributed by atoms with Gasteiger partial charge in [0.25, 0.3) is 0 Å². The van der Waals surface area contributed by atoms with Crippen molar-refractivity contribution in [2.45, 2.75) is 19.4 Å². The van der Waals surface area contributed by atoms with Gasteiger partial charge in [-0.15, -0.1) is 0 Å². The van der Waals surface area contributed by atoms with Gasteiger partial charge < -0.3 is 9.30 Å². The monoisotopic (exact) mass is 242 g/mol. The molecule has 0 atom stereocenters. The Labute approximate surface area is 105 Å². The molecule has 0 spiro atoms. The first-order valence-electron chi connectivity index (χ1n) is 5.76. The summed E-state index contributed by atoms with van der Waals surface area (Å²) in [6.07, 6.45) is 2.64. The van der Waals surface area contributed by atoms with E-state index in [0.29, 0.717) is 13.0 Å². The predicted molar refractivity (Wildman–Crippen MR) is 67.9 cm³/mol. The zero-order chi connectivity index (χ0) is 13.0. The van der Waals surface area contributed by atoms with Gasteiger partial charge in [-0.2, -0.15) is 5.26 Å². The molecular weight excluding hydrogens is 228 g/mol. The molecule has 2 rings (SSSR count). The number of fused-ring (bicyclic) bond motifs is 1. The summed E-state index contributed by atoms with van der Waals surface area (Å²) in [5.74, 6) is -0.252. The number of esters is 1. The predicted octanol–water partition coefficient (Wildman–Crippen LogP) is 2.27. The van der Waals surface area contributed by atoms with Gasteiger partial charge in [-0.1, -0.05) is 18.2 Å². The number of nitrogens with zero attached hydrogens (tertiary/aromatic N) is 2. The Balaban J connectivity index is 2.41. The van der Waals surface area contributed by atoms with E-state index in [-0.39, 0.29) is 12.4 Å². The number of ether oxygens (including phenoxy) is 1. The highest BCUT2D eigenvalue weighted by Crippen LogP contribution is 2.22. The van der Waals surface area contributed by atoms with Crippen LogP contribution in [-0.2, 0) is 22.5 Å². The molecule has 18 heavy (non-hydrogen) atoms. The Morgan fingerprint density at radius 3 is 2.94 bits per heavy atom. The molecule has 2 aromatic rings. The summed E-state index contributed by atoms with van der Waals surface area (Å²) >= 11 is 0. The quantitative estimate of drug-likeness (QED) is 0.773. The normalized spacial score (nSPS) is 10.2. The number of benzene rings is 1. The van der Waals surface area contributed by atoms with Crippen LogP contribution in [0.3, 0.4) is 0 Å². The molecule has 0 unspecified atom stereocenters. The number of aryl methyl sites for hydroxylation is 1. The molecule has 0 saturated carbocycles. The minimum atomic E-state index is -0.252. The molecule has 1 aromatic heterocycles. The van der Waals surface area contributed by atoms with Gasteiger partial charge in [0.2, 0.25) is 0 Å². The van der Waals surface area contributed by atoms with Crippen molar-refractivity contribution in [2.75, 3.05) is 7.11 Å². The van der Waals surface area contributed by atoms with E-state index >= 15 is 0 Å². The van der Waals surface area contributed by atoms with E-state index in [1.54, 1.807) is 0 Å². The first-order chi connectivity index (χ1) is 8.76. The second-order valence-corrected chi connectivity index (χ2v) is 4.03. The average molecular weight is 242 g/mol. The van der Waals surface area contributed by atoms with E-state index in [4.69, 9.17) is 10.00 Å². The summed E-state index contributed by atoms with van der Waals surface area (Å²) in [6, 6.07) is 10.00. The summed E-state index contributed by atoms with van der Waals surface area (Å²) in [5, 5.41) is 9.69. The first-order valence-corrected chi connectivity index (χ1v) is 5.76. The van der Waals surface area contributed by atoms with Gasteiger partial charge >= 0.3 is 5.97 Å². The number of carbonyl (C=O) groups excluding carboxylic acids is 1. The number of hydrogen-bond donors (Lipinski definition) is 0. The van der Waals surface area contributed by atoms with Crippen molar-refractivity contribution in [1.29, 1.82) is 5.26 Å². The second-order valence-electron chi connectivity index (χ2n) is 4.03. The summed E-state index contributed by atoms with van der Waals surface area (Å²) < 4.78 is 6.70. The van der Waals surface area contributed by atoms with Crippen molar-refractivity contribution in [3.8, 4) is 6.07 Å². The van der Waals surface area contributed by atoms with Crippen LogP contribution in [0.4, 0.5) is 0 Å². The molecule has 0 aliphatic heterocycles. The van der Waals surface area contributed by atoms with E-state index < -0.39 is 0 Å². The molecule has 0 fully saturated rings. The third kappa shape index (κ3) is 2.35. The molecule has 4 heteroatoms. The van der Waals surface area contributed by atoms with Crippen LogP contribution in [0.2, 0.25) is 0 Å². The largest absolute Gasteiger partial charge is 0.469 e. The zero-order valence-electron chi connectivity index (χ0n) is 10.2. The molecule has 0 bridgehead atoms. The Morgan fingerprint density at radius 1 is 1.44 bits per heavy atom.